The highest BCUT2D eigenvalue weighted by atomic mass is 32.2. The number of carbonyl (C=O) groups is 1. The number of fused-ring (bicyclic) bond motifs is 3. The van der Waals surface area contributed by atoms with Crippen LogP contribution in [0.15, 0.2) is 28.2 Å². The summed E-state index contributed by atoms with van der Waals surface area (Å²) in [5.74, 6) is 0.716. The van der Waals surface area contributed by atoms with E-state index in [1.165, 1.54) is 28.6 Å². The molecule has 5 nitrogen and oxygen atoms in total. The number of nitrogens with zero attached hydrogens (tertiary/aromatic N) is 2. The Hall–Kier alpha value is -2.12. The van der Waals surface area contributed by atoms with Gasteiger partial charge in [-0.3, -0.25) is 14.2 Å². The number of hydrogen-bond acceptors (Lipinski definition) is 5. The molecule has 1 unspecified atom stereocenters. The van der Waals surface area contributed by atoms with Crippen LogP contribution >= 0.6 is 23.1 Å². The summed E-state index contributed by atoms with van der Waals surface area (Å²) >= 11 is 3.06. The predicted molar refractivity (Wildman–Crippen MR) is 149 cm³/mol. The molecule has 0 spiro atoms. The van der Waals surface area contributed by atoms with Gasteiger partial charge in [0.1, 0.15) is 4.83 Å². The Kier molecular flexibility index (Phi) is 8.06. The Morgan fingerprint density at radius 1 is 1.17 bits per heavy atom. The maximum absolute atomic E-state index is 13.7. The zero-order valence-corrected chi connectivity index (χ0v) is 23.4. The maximum atomic E-state index is 13.7. The van der Waals surface area contributed by atoms with Gasteiger partial charge in [-0.05, 0) is 74.5 Å². The van der Waals surface area contributed by atoms with Crippen LogP contribution in [0.5, 0.6) is 0 Å². The largest absolute Gasteiger partial charge is 0.325 e. The van der Waals surface area contributed by atoms with Crippen LogP contribution in [0, 0.1) is 12.8 Å². The molecule has 2 aromatic heterocycles. The average molecular weight is 512 g/mol. The van der Waals surface area contributed by atoms with Crippen molar-refractivity contribution in [2.75, 3.05) is 5.32 Å². The van der Waals surface area contributed by atoms with Gasteiger partial charge >= 0.3 is 0 Å². The number of thioether (sulfide) groups is 1. The third-order valence-electron chi connectivity index (χ3n) is 6.80. The normalized spacial score (nSPS) is 14.5. The molecule has 0 fully saturated rings. The quantitative estimate of drug-likeness (QED) is 0.263. The molecule has 0 bridgehead atoms. The van der Waals surface area contributed by atoms with E-state index in [9.17, 15) is 9.59 Å². The van der Waals surface area contributed by atoms with Crippen molar-refractivity contribution in [3.63, 3.8) is 0 Å². The molecule has 0 saturated heterocycles. The van der Waals surface area contributed by atoms with Crippen LogP contribution in [0.4, 0.5) is 5.69 Å². The summed E-state index contributed by atoms with van der Waals surface area (Å²) in [5, 5.41) is 4.25. The van der Waals surface area contributed by atoms with Crippen molar-refractivity contribution < 1.29 is 4.79 Å². The molecular weight excluding hydrogens is 474 g/mol. The summed E-state index contributed by atoms with van der Waals surface area (Å²) in [6.45, 7) is 13.1. The lowest BCUT2D eigenvalue weighted by atomic mass is 9.97. The SMILES string of the molecule is Cc1cccc(C(C)C)c1NC(=O)C(C)Sc1nc2sc3c(c2c(=O)n1CCC(C)C)CCCC3. The van der Waals surface area contributed by atoms with Crippen molar-refractivity contribution in [2.45, 2.75) is 96.5 Å². The Labute approximate surface area is 216 Å². The lowest BCUT2D eigenvalue weighted by Crippen LogP contribution is -2.28. The first kappa shape index (κ1) is 26.0. The Morgan fingerprint density at radius 3 is 2.63 bits per heavy atom. The second kappa shape index (κ2) is 10.9. The van der Waals surface area contributed by atoms with E-state index in [0.717, 1.165) is 52.7 Å². The molecule has 1 aliphatic carbocycles. The van der Waals surface area contributed by atoms with Gasteiger partial charge in [-0.15, -0.1) is 11.3 Å². The molecule has 1 aromatic carbocycles. The molecule has 2 heterocycles. The van der Waals surface area contributed by atoms with Gasteiger partial charge < -0.3 is 5.32 Å². The fourth-order valence-electron chi connectivity index (χ4n) is 4.67. The molecule has 7 heteroatoms. The molecule has 4 rings (SSSR count). The number of hydrogen-bond donors (Lipinski definition) is 1. The molecule has 35 heavy (non-hydrogen) atoms. The molecule has 0 radical (unpaired) electrons. The molecule has 1 amide bonds. The predicted octanol–water partition coefficient (Wildman–Crippen LogP) is 6.93. The van der Waals surface area contributed by atoms with E-state index in [2.05, 4.69) is 39.1 Å². The van der Waals surface area contributed by atoms with E-state index in [-0.39, 0.29) is 16.7 Å². The summed E-state index contributed by atoms with van der Waals surface area (Å²) in [6, 6.07) is 6.13. The number of benzene rings is 1. The van der Waals surface area contributed by atoms with E-state index in [1.54, 1.807) is 11.3 Å². The Balaban J connectivity index is 1.66. The highest BCUT2D eigenvalue weighted by Gasteiger charge is 2.25. The van der Waals surface area contributed by atoms with Crippen LogP contribution < -0.4 is 10.9 Å². The number of rotatable bonds is 8. The van der Waals surface area contributed by atoms with Gasteiger partial charge in [-0.1, -0.05) is 57.7 Å². The first-order valence-electron chi connectivity index (χ1n) is 12.8. The minimum absolute atomic E-state index is 0.0613. The summed E-state index contributed by atoms with van der Waals surface area (Å²) in [7, 11) is 0. The van der Waals surface area contributed by atoms with Gasteiger partial charge in [-0.25, -0.2) is 4.98 Å². The first-order chi connectivity index (χ1) is 16.7. The number of thiophene rings is 1. The Morgan fingerprint density at radius 2 is 1.91 bits per heavy atom. The van der Waals surface area contributed by atoms with Crippen LogP contribution in [0.25, 0.3) is 10.2 Å². The zero-order valence-electron chi connectivity index (χ0n) is 21.7. The molecule has 0 saturated carbocycles. The van der Waals surface area contributed by atoms with Crippen molar-refractivity contribution in [3.8, 4) is 0 Å². The standard InChI is InChI=1S/C28H37N3O2S2/c1-16(2)14-15-31-27(33)23-21-11-7-8-13-22(21)35-26(23)30-28(31)34-19(6)25(32)29-24-18(5)10-9-12-20(24)17(3)4/h9-10,12,16-17,19H,7-8,11,13-15H2,1-6H3,(H,29,32). The monoisotopic (exact) mass is 511 g/mol. The minimum Gasteiger partial charge on any atom is -0.325 e. The number of nitrogens with one attached hydrogen (secondary N) is 1. The van der Waals surface area contributed by atoms with E-state index in [4.69, 9.17) is 4.98 Å². The summed E-state index contributed by atoms with van der Waals surface area (Å²) < 4.78 is 1.83. The minimum atomic E-state index is -0.390. The number of amides is 1. The Bertz CT molecular complexity index is 1290. The molecule has 188 valence electrons. The molecule has 1 atom stereocenters. The van der Waals surface area contributed by atoms with Gasteiger partial charge in [0, 0.05) is 17.1 Å². The van der Waals surface area contributed by atoms with Crippen molar-refractivity contribution in [2.24, 2.45) is 5.92 Å². The van der Waals surface area contributed by atoms with Crippen molar-refractivity contribution in [1.82, 2.24) is 9.55 Å². The number of aromatic nitrogens is 2. The third-order valence-corrected chi connectivity index (χ3v) is 9.07. The van der Waals surface area contributed by atoms with Gasteiger partial charge in [0.2, 0.25) is 5.91 Å². The smallest absolute Gasteiger partial charge is 0.263 e. The molecule has 1 N–H and O–H groups in total. The summed E-state index contributed by atoms with van der Waals surface area (Å²) in [6.07, 6.45) is 5.22. The second-order valence-electron chi connectivity index (χ2n) is 10.4. The van der Waals surface area contributed by atoms with E-state index in [0.29, 0.717) is 23.5 Å². The van der Waals surface area contributed by atoms with Crippen molar-refractivity contribution in [3.05, 3.63) is 50.1 Å². The lowest BCUT2D eigenvalue weighted by molar-refractivity contribution is -0.115. The fourth-order valence-corrected chi connectivity index (χ4v) is 6.91. The topological polar surface area (TPSA) is 64.0 Å². The number of anilines is 1. The van der Waals surface area contributed by atoms with Gasteiger partial charge in [0.05, 0.1) is 10.6 Å². The highest BCUT2D eigenvalue weighted by molar-refractivity contribution is 8.00. The number of para-hydroxylation sites is 1. The number of aryl methyl sites for hydroxylation is 3. The van der Waals surface area contributed by atoms with E-state index >= 15 is 0 Å². The van der Waals surface area contributed by atoms with E-state index < -0.39 is 0 Å². The van der Waals surface area contributed by atoms with E-state index in [1.807, 2.05) is 30.5 Å². The maximum Gasteiger partial charge on any atom is 0.263 e. The van der Waals surface area contributed by atoms with Gasteiger partial charge in [0.25, 0.3) is 5.56 Å². The molecule has 0 aliphatic heterocycles. The van der Waals surface area contributed by atoms with Crippen molar-refractivity contribution in [1.29, 1.82) is 0 Å². The lowest BCUT2D eigenvalue weighted by Gasteiger charge is -2.20. The van der Waals surface area contributed by atoms with Crippen LogP contribution in [0.2, 0.25) is 0 Å². The van der Waals surface area contributed by atoms with Gasteiger partial charge in [0.15, 0.2) is 5.16 Å². The summed E-state index contributed by atoms with van der Waals surface area (Å²) in [5.41, 5.74) is 4.36. The van der Waals surface area contributed by atoms with Crippen LogP contribution in [-0.4, -0.2) is 20.7 Å². The molecule has 1 aliphatic rings. The first-order valence-corrected chi connectivity index (χ1v) is 14.5. The van der Waals surface area contributed by atoms with Crippen molar-refractivity contribution >= 4 is 44.9 Å². The average Bonchev–Trinajstić information content (AvgIpc) is 3.18. The molecular formula is C28H37N3O2S2. The third kappa shape index (κ3) is 5.51. The van der Waals surface area contributed by atoms with Gasteiger partial charge in [-0.2, -0.15) is 0 Å². The van der Waals surface area contributed by atoms with Crippen LogP contribution in [0.3, 0.4) is 0 Å². The fraction of sp³-hybridized carbons (Fsp3) is 0.536. The summed E-state index contributed by atoms with van der Waals surface area (Å²) in [4.78, 5) is 34.1. The second-order valence-corrected chi connectivity index (χ2v) is 12.8. The van der Waals surface area contributed by atoms with Crippen LogP contribution in [0.1, 0.15) is 81.4 Å². The highest BCUT2D eigenvalue weighted by Crippen LogP contribution is 2.35. The van der Waals surface area contributed by atoms with Crippen LogP contribution in [-0.2, 0) is 24.2 Å². The number of carbonyl (C=O) groups excluding carboxylic acids is 1. The zero-order chi connectivity index (χ0) is 25.3. The molecule has 3 aromatic rings.